The van der Waals surface area contributed by atoms with Gasteiger partial charge >= 0.3 is 6.03 Å². The van der Waals surface area contributed by atoms with Crippen LogP contribution in [0.1, 0.15) is 22.3 Å². The number of amides is 4. The molecule has 1 fully saturated rings. The van der Waals surface area contributed by atoms with Crippen molar-refractivity contribution in [2.24, 2.45) is 0 Å². The van der Waals surface area contributed by atoms with Crippen LogP contribution < -0.4 is 15.0 Å². The summed E-state index contributed by atoms with van der Waals surface area (Å²) in [5.41, 5.74) is 3.35. The molecule has 1 saturated heterocycles. The second-order valence-corrected chi connectivity index (χ2v) is 8.96. The fourth-order valence-corrected chi connectivity index (χ4v) is 4.56. The number of ether oxygens (including phenoxy) is 1. The maximum atomic E-state index is 13.2. The molecule has 172 valence electrons. The highest BCUT2D eigenvalue weighted by atomic mass is 79.9. The molecule has 1 aliphatic heterocycles. The van der Waals surface area contributed by atoms with Gasteiger partial charge in [0, 0.05) is 21.5 Å². The number of methoxy groups -OCH3 is 1. The molecule has 0 atom stereocenters. The molecule has 6 nitrogen and oxygen atoms in total. The van der Waals surface area contributed by atoms with Gasteiger partial charge in [0.15, 0.2) is 0 Å². The summed E-state index contributed by atoms with van der Waals surface area (Å²) in [5.74, 6) is -0.884. The molecule has 1 N–H and O–H groups in total. The summed E-state index contributed by atoms with van der Waals surface area (Å²) in [6.45, 7) is 1.79. The van der Waals surface area contributed by atoms with Crippen molar-refractivity contribution in [1.82, 2.24) is 5.32 Å². The number of barbiturate groups is 1. The van der Waals surface area contributed by atoms with E-state index in [4.69, 9.17) is 16.3 Å². The quantitative estimate of drug-likeness (QED) is 0.335. The summed E-state index contributed by atoms with van der Waals surface area (Å²) in [6, 6.07) is 17.3. The maximum absolute atomic E-state index is 13.2. The summed E-state index contributed by atoms with van der Waals surface area (Å²) < 4.78 is 6.32. The summed E-state index contributed by atoms with van der Waals surface area (Å²) in [5, 5.41) is 2.90. The summed E-state index contributed by atoms with van der Waals surface area (Å²) >= 11 is 9.90. The van der Waals surface area contributed by atoms with Crippen LogP contribution in [-0.2, 0) is 16.0 Å². The molecule has 0 aliphatic carbocycles. The van der Waals surface area contributed by atoms with Crippen LogP contribution in [0.4, 0.5) is 10.5 Å². The zero-order valence-corrected chi connectivity index (χ0v) is 20.7. The largest absolute Gasteiger partial charge is 0.496 e. The fourth-order valence-electron chi connectivity index (χ4n) is 3.76. The lowest BCUT2D eigenvalue weighted by Crippen LogP contribution is -2.54. The number of hydrogen-bond donors (Lipinski definition) is 1. The van der Waals surface area contributed by atoms with Gasteiger partial charge < -0.3 is 4.74 Å². The Morgan fingerprint density at radius 3 is 2.47 bits per heavy atom. The van der Waals surface area contributed by atoms with Crippen molar-refractivity contribution in [3.8, 4) is 5.75 Å². The third-order valence-corrected chi connectivity index (χ3v) is 6.57. The third kappa shape index (κ3) is 4.62. The Kier molecular flexibility index (Phi) is 6.86. The van der Waals surface area contributed by atoms with Crippen LogP contribution in [0.5, 0.6) is 5.75 Å². The number of nitrogens with one attached hydrogen (secondary N) is 1. The molecule has 3 aromatic carbocycles. The van der Waals surface area contributed by atoms with E-state index in [9.17, 15) is 14.4 Å². The van der Waals surface area contributed by atoms with Crippen molar-refractivity contribution < 1.29 is 19.1 Å². The molecular formula is C26H20BrClN2O4. The van der Waals surface area contributed by atoms with E-state index in [2.05, 4.69) is 21.2 Å². The number of imide groups is 2. The highest BCUT2D eigenvalue weighted by Gasteiger charge is 2.37. The summed E-state index contributed by atoms with van der Waals surface area (Å²) in [6.07, 6.45) is 1.97. The standard InChI is InChI=1S/C26H20BrClN2O4/c1-15-7-3-6-10-22(15)30-25(32)19(24(31)29-26(30)33)11-16-12-20(27)18(23(13-16)34-2)14-17-8-4-5-9-21(17)28/h3-13H,14H2,1-2H3,(H,29,31,33)/b19-11+. The third-order valence-electron chi connectivity index (χ3n) is 5.49. The predicted molar refractivity (Wildman–Crippen MR) is 135 cm³/mol. The van der Waals surface area contributed by atoms with Crippen LogP contribution in [-0.4, -0.2) is 25.0 Å². The van der Waals surface area contributed by atoms with Gasteiger partial charge in [0.25, 0.3) is 11.8 Å². The molecule has 0 aromatic heterocycles. The number of nitrogens with zero attached hydrogens (tertiary/aromatic N) is 1. The Labute approximate surface area is 210 Å². The number of benzene rings is 3. The number of urea groups is 1. The predicted octanol–water partition coefficient (Wildman–Crippen LogP) is 5.68. The smallest absolute Gasteiger partial charge is 0.335 e. The van der Waals surface area contributed by atoms with Crippen LogP contribution in [0.2, 0.25) is 5.02 Å². The lowest BCUT2D eigenvalue weighted by molar-refractivity contribution is -0.122. The van der Waals surface area contributed by atoms with Crippen molar-refractivity contribution in [1.29, 1.82) is 0 Å². The number of rotatable bonds is 5. The number of anilines is 1. The number of carbonyl (C=O) groups is 3. The Hall–Kier alpha value is -3.42. The lowest BCUT2D eigenvalue weighted by Gasteiger charge is -2.27. The van der Waals surface area contributed by atoms with Gasteiger partial charge in [0.2, 0.25) is 0 Å². The first-order valence-electron chi connectivity index (χ1n) is 10.4. The zero-order valence-electron chi connectivity index (χ0n) is 18.4. The van der Waals surface area contributed by atoms with E-state index in [0.717, 1.165) is 26.1 Å². The van der Waals surface area contributed by atoms with E-state index in [1.807, 2.05) is 24.3 Å². The van der Waals surface area contributed by atoms with Crippen LogP contribution in [0.25, 0.3) is 6.08 Å². The molecule has 0 spiro atoms. The molecule has 0 radical (unpaired) electrons. The van der Waals surface area contributed by atoms with E-state index in [1.165, 1.54) is 6.08 Å². The average Bonchev–Trinajstić information content (AvgIpc) is 2.80. The van der Waals surface area contributed by atoms with Crippen molar-refractivity contribution in [2.45, 2.75) is 13.3 Å². The van der Waals surface area contributed by atoms with Gasteiger partial charge in [-0.25, -0.2) is 9.69 Å². The van der Waals surface area contributed by atoms with Crippen molar-refractivity contribution >= 4 is 57.1 Å². The number of aryl methyl sites for hydroxylation is 1. The highest BCUT2D eigenvalue weighted by molar-refractivity contribution is 9.10. The van der Waals surface area contributed by atoms with Crippen LogP contribution in [0.3, 0.4) is 0 Å². The Balaban J connectivity index is 1.73. The maximum Gasteiger partial charge on any atom is 0.335 e. The van der Waals surface area contributed by atoms with Gasteiger partial charge in [-0.05, 0) is 54.0 Å². The Morgan fingerprint density at radius 2 is 1.76 bits per heavy atom. The molecule has 8 heteroatoms. The van der Waals surface area contributed by atoms with Gasteiger partial charge in [-0.1, -0.05) is 63.9 Å². The van der Waals surface area contributed by atoms with E-state index in [0.29, 0.717) is 28.4 Å². The van der Waals surface area contributed by atoms with Gasteiger partial charge in [0.05, 0.1) is 12.8 Å². The first kappa shape index (κ1) is 23.7. The second-order valence-electron chi connectivity index (χ2n) is 7.70. The van der Waals surface area contributed by atoms with Crippen LogP contribution in [0, 0.1) is 6.92 Å². The average molecular weight is 540 g/mol. The first-order valence-corrected chi connectivity index (χ1v) is 11.5. The van der Waals surface area contributed by atoms with Gasteiger partial charge in [-0.15, -0.1) is 0 Å². The van der Waals surface area contributed by atoms with Crippen molar-refractivity contribution in [3.63, 3.8) is 0 Å². The Bertz CT molecular complexity index is 1350. The van der Waals surface area contributed by atoms with Crippen LogP contribution in [0.15, 0.2) is 70.7 Å². The monoisotopic (exact) mass is 538 g/mol. The molecule has 1 heterocycles. The number of para-hydroxylation sites is 1. The molecule has 4 rings (SSSR count). The topological polar surface area (TPSA) is 75.7 Å². The van der Waals surface area contributed by atoms with E-state index in [1.54, 1.807) is 50.4 Å². The minimum absolute atomic E-state index is 0.157. The minimum Gasteiger partial charge on any atom is -0.496 e. The summed E-state index contributed by atoms with van der Waals surface area (Å²) in [7, 11) is 1.55. The molecule has 0 saturated carbocycles. The molecule has 0 bridgehead atoms. The SMILES string of the molecule is COc1cc(/C=C2\C(=O)NC(=O)N(c3ccccc3C)C2=O)cc(Br)c1Cc1ccccc1Cl. The van der Waals surface area contributed by atoms with E-state index in [-0.39, 0.29) is 5.57 Å². The van der Waals surface area contributed by atoms with Crippen LogP contribution >= 0.6 is 27.5 Å². The number of hydrogen-bond acceptors (Lipinski definition) is 4. The second kappa shape index (κ2) is 9.83. The Morgan fingerprint density at radius 1 is 1.06 bits per heavy atom. The zero-order chi connectivity index (χ0) is 24.4. The van der Waals surface area contributed by atoms with E-state index < -0.39 is 17.8 Å². The first-order chi connectivity index (χ1) is 16.3. The fraction of sp³-hybridized carbons (Fsp3) is 0.115. The molecule has 4 amide bonds. The summed E-state index contributed by atoms with van der Waals surface area (Å²) in [4.78, 5) is 39.2. The molecule has 34 heavy (non-hydrogen) atoms. The molecular weight excluding hydrogens is 520 g/mol. The van der Waals surface area contributed by atoms with Crippen molar-refractivity contribution in [2.75, 3.05) is 12.0 Å². The van der Waals surface area contributed by atoms with Gasteiger partial charge in [-0.2, -0.15) is 0 Å². The molecule has 0 unspecified atom stereocenters. The number of halogens is 2. The highest BCUT2D eigenvalue weighted by Crippen LogP contribution is 2.34. The van der Waals surface area contributed by atoms with Gasteiger partial charge in [0.1, 0.15) is 11.3 Å². The lowest BCUT2D eigenvalue weighted by atomic mass is 10.0. The normalized spacial score (nSPS) is 15.0. The van der Waals surface area contributed by atoms with Crippen molar-refractivity contribution in [3.05, 3.63) is 98.0 Å². The number of carbonyl (C=O) groups excluding carboxylic acids is 3. The van der Waals surface area contributed by atoms with Gasteiger partial charge in [-0.3, -0.25) is 14.9 Å². The minimum atomic E-state index is -0.782. The molecule has 1 aliphatic rings. The van der Waals surface area contributed by atoms with E-state index >= 15 is 0 Å². The molecule has 3 aromatic rings.